The molecule has 0 aliphatic carbocycles. The number of nitrogens with zero attached hydrogens (tertiary/aromatic N) is 4. The molecule has 2 aromatic heterocycles. The van der Waals surface area contributed by atoms with Crippen molar-refractivity contribution >= 4 is 29.0 Å². The van der Waals surface area contributed by atoms with Crippen LogP contribution in [0.5, 0.6) is 0 Å². The predicted octanol–water partition coefficient (Wildman–Crippen LogP) is 3.37. The number of thiophene rings is 1. The molecule has 29 heavy (non-hydrogen) atoms. The van der Waals surface area contributed by atoms with E-state index < -0.39 is 0 Å². The van der Waals surface area contributed by atoms with Crippen LogP contribution in [0.2, 0.25) is 0 Å². The first-order valence-electron chi connectivity index (χ1n) is 10.4. The third kappa shape index (κ3) is 4.61. The standard InChI is InChI=1S/C22H28N4O2S/c1-17-7-11-26(12-8-17)21(27)18-5-6-20(23-16-18)24-9-3-10-25(14-13-24)22(28)19-4-2-15-29-19/h2,4-6,15-17H,3,7-14H2,1H3. The van der Waals surface area contributed by atoms with E-state index in [1.165, 1.54) is 11.3 Å². The number of piperidine rings is 1. The van der Waals surface area contributed by atoms with E-state index in [-0.39, 0.29) is 11.8 Å². The fourth-order valence-electron chi connectivity index (χ4n) is 4.00. The summed E-state index contributed by atoms with van der Waals surface area (Å²) in [5.41, 5.74) is 0.660. The number of aromatic nitrogens is 1. The van der Waals surface area contributed by atoms with Gasteiger partial charge in [-0.05, 0) is 48.8 Å². The third-order valence-electron chi connectivity index (χ3n) is 5.90. The van der Waals surface area contributed by atoms with E-state index >= 15 is 0 Å². The van der Waals surface area contributed by atoms with Crippen molar-refractivity contribution in [2.45, 2.75) is 26.2 Å². The van der Waals surface area contributed by atoms with Crippen molar-refractivity contribution in [3.05, 3.63) is 46.3 Å². The van der Waals surface area contributed by atoms with Gasteiger partial charge in [-0.25, -0.2) is 4.98 Å². The molecule has 2 aromatic rings. The quantitative estimate of drug-likeness (QED) is 0.776. The van der Waals surface area contributed by atoms with E-state index in [9.17, 15) is 9.59 Å². The Morgan fingerprint density at radius 2 is 1.76 bits per heavy atom. The highest BCUT2D eigenvalue weighted by atomic mass is 32.1. The molecular formula is C22H28N4O2S. The third-order valence-corrected chi connectivity index (χ3v) is 6.76. The van der Waals surface area contributed by atoms with Crippen molar-refractivity contribution in [1.29, 1.82) is 0 Å². The Morgan fingerprint density at radius 1 is 0.966 bits per heavy atom. The fourth-order valence-corrected chi connectivity index (χ4v) is 4.69. The van der Waals surface area contributed by atoms with Crippen LogP contribution in [0.15, 0.2) is 35.8 Å². The smallest absolute Gasteiger partial charge is 0.263 e. The second-order valence-corrected chi connectivity index (χ2v) is 8.94. The summed E-state index contributed by atoms with van der Waals surface area (Å²) in [7, 11) is 0. The van der Waals surface area contributed by atoms with Gasteiger partial charge < -0.3 is 14.7 Å². The normalized spacial score (nSPS) is 18.6. The van der Waals surface area contributed by atoms with Crippen LogP contribution in [-0.2, 0) is 0 Å². The zero-order valence-corrected chi connectivity index (χ0v) is 17.7. The van der Waals surface area contributed by atoms with Crippen LogP contribution in [-0.4, -0.2) is 65.9 Å². The van der Waals surface area contributed by atoms with Gasteiger partial charge in [0.1, 0.15) is 5.82 Å². The van der Waals surface area contributed by atoms with Crippen LogP contribution >= 0.6 is 11.3 Å². The number of hydrogen-bond donors (Lipinski definition) is 0. The average Bonchev–Trinajstić information content (AvgIpc) is 3.18. The van der Waals surface area contributed by atoms with E-state index in [4.69, 9.17) is 0 Å². The monoisotopic (exact) mass is 412 g/mol. The molecule has 0 N–H and O–H groups in total. The van der Waals surface area contributed by atoms with Gasteiger partial charge in [0.25, 0.3) is 11.8 Å². The van der Waals surface area contributed by atoms with Gasteiger partial charge >= 0.3 is 0 Å². The molecule has 0 aromatic carbocycles. The topological polar surface area (TPSA) is 56.8 Å². The molecule has 0 atom stereocenters. The molecule has 0 saturated carbocycles. The Kier molecular flexibility index (Phi) is 6.13. The average molecular weight is 413 g/mol. The molecule has 0 unspecified atom stereocenters. The van der Waals surface area contributed by atoms with Crippen LogP contribution in [0.4, 0.5) is 5.82 Å². The Labute approximate surface area is 176 Å². The first-order chi connectivity index (χ1) is 14.1. The lowest BCUT2D eigenvalue weighted by molar-refractivity contribution is 0.0696. The summed E-state index contributed by atoms with van der Waals surface area (Å²) in [6.45, 7) is 6.97. The molecule has 2 fully saturated rings. The molecule has 6 nitrogen and oxygen atoms in total. The van der Waals surface area contributed by atoms with Gasteiger partial charge in [0.15, 0.2) is 0 Å². The molecule has 7 heteroatoms. The van der Waals surface area contributed by atoms with Crippen molar-refractivity contribution in [1.82, 2.24) is 14.8 Å². The Hall–Kier alpha value is -2.41. The van der Waals surface area contributed by atoms with Gasteiger partial charge in [-0.2, -0.15) is 0 Å². The largest absolute Gasteiger partial charge is 0.355 e. The number of anilines is 1. The van der Waals surface area contributed by atoms with Gasteiger partial charge in [-0.3, -0.25) is 9.59 Å². The number of likely N-dealkylation sites (tertiary alicyclic amines) is 1. The number of hydrogen-bond acceptors (Lipinski definition) is 5. The molecule has 0 bridgehead atoms. The maximum atomic E-state index is 12.7. The summed E-state index contributed by atoms with van der Waals surface area (Å²) in [5.74, 6) is 1.78. The number of amides is 2. The van der Waals surface area contributed by atoms with Gasteiger partial charge in [0, 0.05) is 45.5 Å². The van der Waals surface area contributed by atoms with Crippen molar-refractivity contribution in [2.24, 2.45) is 5.92 Å². The second kappa shape index (κ2) is 8.95. The van der Waals surface area contributed by atoms with Crippen LogP contribution in [0.1, 0.15) is 46.2 Å². The first-order valence-corrected chi connectivity index (χ1v) is 11.3. The van der Waals surface area contributed by atoms with Gasteiger partial charge in [-0.1, -0.05) is 13.0 Å². The molecule has 0 spiro atoms. The predicted molar refractivity (Wildman–Crippen MR) is 116 cm³/mol. The Balaban J connectivity index is 1.36. The summed E-state index contributed by atoms with van der Waals surface area (Å²) in [5, 5.41) is 1.94. The van der Waals surface area contributed by atoms with Gasteiger partial charge in [0.05, 0.1) is 10.4 Å². The minimum absolute atomic E-state index is 0.0829. The molecule has 0 radical (unpaired) electrons. The maximum Gasteiger partial charge on any atom is 0.263 e. The Morgan fingerprint density at radius 3 is 2.45 bits per heavy atom. The lowest BCUT2D eigenvalue weighted by atomic mass is 9.99. The minimum atomic E-state index is 0.0829. The van der Waals surface area contributed by atoms with Crippen molar-refractivity contribution in [2.75, 3.05) is 44.2 Å². The molecular weight excluding hydrogens is 384 g/mol. The fraction of sp³-hybridized carbons (Fsp3) is 0.500. The van der Waals surface area contributed by atoms with E-state index in [1.807, 2.05) is 39.4 Å². The highest BCUT2D eigenvalue weighted by Gasteiger charge is 2.23. The van der Waals surface area contributed by atoms with E-state index in [2.05, 4.69) is 16.8 Å². The van der Waals surface area contributed by atoms with Crippen molar-refractivity contribution in [3.63, 3.8) is 0 Å². The Bertz CT molecular complexity index is 829. The molecule has 154 valence electrons. The summed E-state index contributed by atoms with van der Waals surface area (Å²) < 4.78 is 0. The maximum absolute atomic E-state index is 12.7. The zero-order valence-electron chi connectivity index (χ0n) is 16.9. The molecule has 2 aliphatic rings. The highest BCUT2D eigenvalue weighted by Crippen LogP contribution is 2.20. The summed E-state index contributed by atoms with van der Waals surface area (Å²) >= 11 is 1.49. The first kappa shape index (κ1) is 19.9. The zero-order chi connectivity index (χ0) is 20.2. The molecule has 2 saturated heterocycles. The van der Waals surface area contributed by atoms with Crippen LogP contribution in [0, 0.1) is 5.92 Å². The lowest BCUT2D eigenvalue weighted by Gasteiger charge is -2.30. The lowest BCUT2D eigenvalue weighted by Crippen LogP contribution is -2.38. The van der Waals surface area contributed by atoms with Crippen molar-refractivity contribution in [3.8, 4) is 0 Å². The SMILES string of the molecule is CC1CCN(C(=O)c2ccc(N3CCCN(C(=O)c4cccs4)CC3)nc2)CC1. The van der Waals surface area contributed by atoms with Crippen molar-refractivity contribution < 1.29 is 9.59 Å². The molecule has 2 amide bonds. The number of rotatable bonds is 3. The van der Waals surface area contributed by atoms with Crippen LogP contribution < -0.4 is 4.90 Å². The number of carbonyl (C=O) groups excluding carboxylic acids is 2. The highest BCUT2D eigenvalue weighted by molar-refractivity contribution is 7.12. The summed E-state index contributed by atoms with van der Waals surface area (Å²) in [4.78, 5) is 36.8. The van der Waals surface area contributed by atoms with Gasteiger partial charge in [0.2, 0.25) is 0 Å². The molecule has 4 heterocycles. The van der Waals surface area contributed by atoms with E-state index in [0.29, 0.717) is 18.0 Å². The minimum Gasteiger partial charge on any atom is -0.355 e. The summed E-state index contributed by atoms with van der Waals surface area (Å²) in [6, 6.07) is 7.63. The number of carbonyl (C=O) groups is 2. The van der Waals surface area contributed by atoms with E-state index in [1.54, 1.807) is 6.20 Å². The van der Waals surface area contributed by atoms with Crippen LogP contribution in [0.25, 0.3) is 0 Å². The number of pyridine rings is 1. The molecule has 4 rings (SSSR count). The summed E-state index contributed by atoms with van der Waals surface area (Å²) in [6.07, 6.45) is 4.76. The second-order valence-electron chi connectivity index (χ2n) is 7.99. The molecule has 2 aliphatic heterocycles. The van der Waals surface area contributed by atoms with Crippen LogP contribution in [0.3, 0.4) is 0 Å². The van der Waals surface area contributed by atoms with Gasteiger partial charge in [-0.15, -0.1) is 11.3 Å². The van der Waals surface area contributed by atoms with E-state index in [0.717, 1.165) is 62.7 Å².